The lowest BCUT2D eigenvalue weighted by atomic mass is 9.93. The molecule has 0 fully saturated rings. The Hall–Kier alpha value is -3.87. The van der Waals surface area contributed by atoms with Gasteiger partial charge < -0.3 is 19.9 Å². The zero-order chi connectivity index (χ0) is 22.6. The Morgan fingerprint density at radius 2 is 1.69 bits per heavy atom. The van der Waals surface area contributed by atoms with E-state index in [1.807, 2.05) is 61.3 Å². The Balaban J connectivity index is 1.75. The number of hydrogen-bond acceptors (Lipinski definition) is 6. The molecule has 5 rings (SSSR count). The number of para-hydroxylation sites is 2. The minimum Gasteiger partial charge on any atom is -0.508 e. The maximum absolute atomic E-state index is 13.6. The number of amides is 1. The van der Waals surface area contributed by atoms with Crippen molar-refractivity contribution in [1.82, 2.24) is 0 Å². The smallest absolute Gasteiger partial charge is 0.270 e. The molecule has 164 valence electrons. The summed E-state index contributed by atoms with van der Waals surface area (Å²) in [6.45, 7) is 4.24. The van der Waals surface area contributed by atoms with Gasteiger partial charge in [-0.3, -0.25) is 9.80 Å². The van der Waals surface area contributed by atoms with Gasteiger partial charge in [-0.15, -0.1) is 0 Å². The number of phenols is 1. The highest BCUT2D eigenvalue weighted by Gasteiger charge is 2.47. The number of ether oxygens (including phenoxy) is 2. The molecule has 0 spiro atoms. The van der Waals surface area contributed by atoms with Crippen LogP contribution in [0.15, 0.2) is 54.6 Å². The summed E-state index contributed by atoms with van der Waals surface area (Å²) in [5, 5.41) is 17.0. The molecule has 0 aromatic heterocycles. The normalized spacial score (nSPS) is 15.9. The number of rotatable bonds is 4. The van der Waals surface area contributed by atoms with E-state index < -0.39 is 5.54 Å². The molecule has 7 heteroatoms. The summed E-state index contributed by atoms with van der Waals surface area (Å²) < 4.78 is 11.2. The van der Waals surface area contributed by atoms with Crippen molar-refractivity contribution in [2.45, 2.75) is 25.9 Å². The Bertz CT molecular complexity index is 1240. The van der Waals surface area contributed by atoms with Crippen molar-refractivity contribution >= 4 is 23.0 Å². The molecule has 2 aliphatic heterocycles. The predicted octanol–water partition coefficient (Wildman–Crippen LogP) is 4.55. The number of benzene rings is 3. The van der Waals surface area contributed by atoms with Gasteiger partial charge in [-0.1, -0.05) is 18.2 Å². The summed E-state index contributed by atoms with van der Waals surface area (Å²) in [5.41, 5.74) is 4.54. The monoisotopic (exact) mass is 431 g/mol. The van der Waals surface area contributed by atoms with E-state index in [2.05, 4.69) is 5.32 Å². The van der Waals surface area contributed by atoms with Crippen molar-refractivity contribution < 1.29 is 19.4 Å². The highest BCUT2D eigenvalue weighted by atomic mass is 16.5. The molecule has 0 saturated carbocycles. The molecule has 0 atom stereocenters. The van der Waals surface area contributed by atoms with E-state index in [4.69, 9.17) is 9.47 Å². The van der Waals surface area contributed by atoms with E-state index in [-0.39, 0.29) is 11.7 Å². The van der Waals surface area contributed by atoms with Crippen LogP contribution in [0.2, 0.25) is 0 Å². The van der Waals surface area contributed by atoms with Crippen molar-refractivity contribution in [1.29, 1.82) is 0 Å². The summed E-state index contributed by atoms with van der Waals surface area (Å²) in [7, 11) is 3.21. The summed E-state index contributed by atoms with van der Waals surface area (Å²) in [4.78, 5) is 13.6. The molecule has 0 aliphatic carbocycles. The Labute approximate surface area is 186 Å². The van der Waals surface area contributed by atoms with Crippen LogP contribution in [0.25, 0.3) is 11.1 Å². The zero-order valence-electron chi connectivity index (χ0n) is 18.5. The average molecular weight is 431 g/mol. The fourth-order valence-electron chi connectivity index (χ4n) is 4.54. The van der Waals surface area contributed by atoms with Gasteiger partial charge in [-0.25, -0.2) is 5.01 Å². The molecule has 3 aromatic rings. The van der Waals surface area contributed by atoms with E-state index in [1.165, 1.54) is 0 Å². The Morgan fingerprint density at radius 1 is 0.969 bits per heavy atom. The van der Waals surface area contributed by atoms with Gasteiger partial charge in [0.15, 0.2) is 0 Å². The van der Waals surface area contributed by atoms with Crippen molar-refractivity contribution in [3.05, 3.63) is 60.2 Å². The van der Waals surface area contributed by atoms with Crippen LogP contribution in [0.5, 0.6) is 17.2 Å². The van der Waals surface area contributed by atoms with E-state index >= 15 is 0 Å². The highest BCUT2D eigenvalue weighted by Crippen LogP contribution is 2.51. The van der Waals surface area contributed by atoms with Crippen LogP contribution in [-0.4, -0.2) is 30.8 Å². The first-order valence-corrected chi connectivity index (χ1v) is 10.4. The SMILES string of the molecule is COc1cc(O)ccc1-c1ccc2c3c1CN(c1ccccc1OC)N3C(=O)C(C)(C)N2. The fraction of sp³-hybridized carbons (Fsp3) is 0.240. The first-order valence-electron chi connectivity index (χ1n) is 10.4. The van der Waals surface area contributed by atoms with Gasteiger partial charge in [0.1, 0.15) is 28.5 Å². The molecule has 0 radical (unpaired) electrons. The number of methoxy groups -OCH3 is 2. The number of aromatic hydroxyl groups is 1. The number of anilines is 3. The number of phenolic OH excluding ortho intramolecular Hbond substituents is 1. The largest absolute Gasteiger partial charge is 0.508 e. The lowest BCUT2D eigenvalue weighted by Gasteiger charge is -2.41. The van der Waals surface area contributed by atoms with Crippen LogP contribution < -0.4 is 24.8 Å². The average Bonchev–Trinajstić information content (AvgIpc) is 3.19. The number of nitrogens with zero attached hydrogens (tertiary/aromatic N) is 2. The third kappa shape index (κ3) is 2.85. The van der Waals surface area contributed by atoms with Gasteiger partial charge in [0.05, 0.1) is 32.1 Å². The van der Waals surface area contributed by atoms with Crippen LogP contribution in [0, 0.1) is 0 Å². The summed E-state index contributed by atoms with van der Waals surface area (Å²) in [6.07, 6.45) is 0. The van der Waals surface area contributed by atoms with Gasteiger partial charge in [-0.05, 0) is 49.7 Å². The van der Waals surface area contributed by atoms with Gasteiger partial charge in [0.25, 0.3) is 5.91 Å². The number of carbonyl (C=O) groups is 1. The van der Waals surface area contributed by atoms with Gasteiger partial charge in [-0.2, -0.15) is 0 Å². The quantitative estimate of drug-likeness (QED) is 0.631. The molecule has 32 heavy (non-hydrogen) atoms. The number of hydrazine groups is 1. The van der Waals surface area contributed by atoms with Gasteiger partial charge in [0, 0.05) is 17.2 Å². The van der Waals surface area contributed by atoms with Gasteiger partial charge in [0.2, 0.25) is 0 Å². The summed E-state index contributed by atoms with van der Waals surface area (Å²) >= 11 is 0. The molecule has 2 N–H and O–H groups in total. The van der Waals surface area contributed by atoms with Crippen LogP contribution >= 0.6 is 0 Å². The Morgan fingerprint density at radius 3 is 2.44 bits per heavy atom. The van der Waals surface area contributed by atoms with E-state index in [0.29, 0.717) is 18.0 Å². The molecule has 0 saturated heterocycles. The number of nitrogens with one attached hydrogen (secondary N) is 1. The summed E-state index contributed by atoms with van der Waals surface area (Å²) in [6, 6.07) is 16.8. The molecule has 0 bridgehead atoms. The molecular formula is C25H25N3O4. The highest BCUT2D eigenvalue weighted by molar-refractivity contribution is 6.12. The van der Waals surface area contributed by atoms with Crippen LogP contribution in [0.1, 0.15) is 19.4 Å². The molecular weight excluding hydrogens is 406 g/mol. The third-order valence-electron chi connectivity index (χ3n) is 6.06. The van der Waals surface area contributed by atoms with Crippen molar-refractivity contribution in [3.63, 3.8) is 0 Å². The lowest BCUT2D eigenvalue weighted by molar-refractivity contribution is -0.122. The van der Waals surface area contributed by atoms with E-state index in [0.717, 1.165) is 33.8 Å². The Kier molecular flexibility index (Phi) is 4.44. The third-order valence-corrected chi connectivity index (χ3v) is 6.06. The molecule has 2 heterocycles. The minimum atomic E-state index is -0.771. The number of carbonyl (C=O) groups excluding carboxylic acids is 1. The zero-order valence-corrected chi connectivity index (χ0v) is 18.5. The van der Waals surface area contributed by atoms with E-state index in [1.54, 1.807) is 31.4 Å². The standard InChI is InChI=1S/C25H25N3O4/c1-25(2)24(30)28-23-18(14-27(28)20-7-5-6-8-21(20)31-3)16(11-12-19(23)26-25)17-10-9-15(29)13-22(17)32-4/h5-13,26,29H,14H2,1-4H3. The van der Waals surface area contributed by atoms with Crippen molar-refractivity contribution in [2.75, 3.05) is 29.6 Å². The van der Waals surface area contributed by atoms with Crippen LogP contribution in [-0.2, 0) is 11.3 Å². The second-order valence-corrected chi connectivity index (χ2v) is 8.47. The van der Waals surface area contributed by atoms with Crippen LogP contribution in [0.4, 0.5) is 17.1 Å². The second kappa shape index (κ2) is 7.09. The van der Waals surface area contributed by atoms with Crippen molar-refractivity contribution in [3.8, 4) is 28.4 Å². The first kappa shape index (κ1) is 20.1. The number of hydrogen-bond donors (Lipinski definition) is 2. The fourth-order valence-corrected chi connectivity index (χ4v) is 4.54. The molecule has 2 aliphatic rings. The molecule has 3 aromatic carbocycles. The van der Waals surface area contributed by atoms with Crippen LogP contribution in [0.3, 0.4) is 0 Å². The minimum absolute atomic E-state index is 0.0514. The second-order valence-electron chi connectivity index (χ2n) is 8.47. The van der Waals surface area contributed by atoms with Crippen molar-refractivity contribution in [2.24, 2.45) is 0 Å². The first-order chi connectivity index (χ1) is 15.4. The maximum Gasteiger partial charge on any atom is 0.270 e. The predicted molar refractivity (Wildman–Crippen MR) is 124 cm³/mol. The molecule has 7 nitrogen and oxygen atoms in total. The lowest BCUT2D eigenvalue weighted by Crippen LogP contribution is -2.57. The molecule has 0 unspecified atom stereocenters. The summed E-state index contributed by atoms with van der Waals surface area (Å²) in [5.74, 6) is 1.34. The topological polar surface area (TPSA) is 74.3 Å². The van der Waals surface area contributed by atoms with Gasteiger partial charge >= 0.3 is 0 Å². The molecule has 1 amide bonds. The van der Waals surface area contributed by atoms with E-state index in [9.17, 15) is 9.90 Å². The maximum atomic E-state index is 13.6.